The summed E-state index contributed by atoms with van der Waals surface area (Å²) in [5.74, 6) is 1.05. The summed E-state index contributed by atoms with van der Waals surface area (Å²) in [6.45, 7) is 1.87. The molecular formula is C16H14BrClO3. The second kappa shape index (κ2) is 6.96. The Morgan fingerprint density at radius 1 is 1.19 bits per heavy atom. The van der Waals surface area contributed by atoms with Crippen LogP contribution in [0.4, 0.5) is 0 Å². The fraction of sp³-hybridized carbons (Fsp3) is 0.188. The van der Waals surface area contributed by atoms with E-state index in [0.29, 0.717) is 22.1 Å². The van der Waals surface area contributed by atoms with E-state index in [4.69, 9.17) is 21.1 Å². The van der Waals surface area contributed by atoms with Gasteiger partial charge in [-0.25, -0.2) is 0 Å². The average molecular weight is 370 g/mol. The van der Waals surface area contributed by atoms with E-state index >= 15 is 0 Å². The molecule has 2 aromatic rings. The number of aryl methyl sites for hydroxylation is 1. The van der Waals surface area contributed by atoms with E-state index in [1.54, 1.807) is 37.4 Å². The lowest BCUT2D eigenvalue weighted by Crippen LogP contribution is -2.12. The molecule has 0 saturated heterocycles. The molecule has 0 heterocycles. The normalized spacial score (nSPS) is 10.3. The van der Waals surface area contributed by atoms with E-state index in [-0.39, 0.29) is 12.4 Å². The molecule has 3 nitrogen and oxygen atoms in total. The fourth-order valence-electron chi connectivity index (χ4n) is 1.79. The van der Waals surface area contributed by atoms with E-state index in [1.807, 2.05) is 13.0 Å². The molecule has 5 heteroatoms. The number of hydrogen-bond donors (Lipinski definition) is 0. The summed E-state index contributed by atoms with van der Waals surface area (Å²) < 4.78 is 11.3. The van der Waals surface area contributed by atoms with Crippen molar-refractivity contribution in [3.8, 4) is 11.5 Å². The van der Waals surface area contributed by atoms with Gasteiger partial charge in [0.2, 0.25) is 0 Å². The highest BCUT2D eigenvalue weighted by atomic mass is 79.9. The average Bonchev–Trinajstić information content (AvgIpc) is 2.46. The number of halogens is 2. The van der Waals surface area contributed by atoms with E-state index < -0.39 is 0 Å². The zero-order valence-corrected chi connectivity index (χ0v) is 14.0. The van der Waals surface area contributed by atoms with Gasteiger partial charge in [-0.1, -0.05) is 17.7 Å². The molecule has 0 spiro atoms. The molecule has 2 aromatic carbocycles. The number of carbonyl (C=O) groups excluding carboxylic acids is 1. The minimum atomic E-state index is -0.130. The van der Waals surface area contributed by atoms with Crippen LogP contribution in [0.5, 0.6) is 11.5 Å². The maximum Gasteiger partial charge on any atom is 0.200 e. The summed E-state index contributed by atoms with van der Waals surface area (Å²) in [5, 5.41) is 0.499. The molecule has 0 amide bonds. The first-order valence-corrected chi connectivity index (χ1v) is 7.44. The minimum Gasteiger partial charge on any atom is -0.496 e. The Hall–Kier alpha value is -1.52. The summed E-state index contributed by atoms with van der Waals surface area (Å²) in [7, 11) is 1.57. The van der Waals surface area contributed by atoms with Gasteiger partial charge >= 0.3 is 0 Å². The molecule has 0 saturated carbocycles. The Bertz CT molecular complexity index is 671. The van der Waals surface area contributed by atoms with Crippen molar-refractivity contribution in [2.24, 2.45) is 0 Å². The van der Waals surface area contributed by atoms with Crippen molar-refractivity contribution in [3.63, 3.8) is 0 Å². The topological polar surface area (TPSA) is 35.5 Å². The summed E-state index contributed by atoms with van der Waals surface area (Å²) in [4.78, 5) is 12.1. The Kier molecular flexibility index (Phi) is 5.26. The fourth-order valence-corrected chi connectivity index (χ4v) is 2.62. The smallest absolute Gasteiger partial charge is 0.200 e. The summed E-state index contributed by atoms with van der Waals surface area (Å²) in [6.07, 6.45) is 0. The number of ether oxygens (including phenoxy) is 2. The van der Waals surface area contributed by atoms with Crippen molar-refractivity contribution < 1.29 is 14.3 Å². The predicted octanol–water partition coefficient (Wildman–Crippen LogP) is 4.68. The van der Waals surface area contributed by atoms with Crippen LogP contribution in [-0.2, 0) is 0 Å². The van der Waals surface area contributed by atoms with Crippen molar-refractivity contribution >= 4 is 33.3 Å². The molecule has 0 fully saturated rings. The molecule has 0 aromatic heterocycles. The van der Waals surface area contributed by atoms with E-state index in [2.05, 4.69) is 15.9 Å². The van der Waals surface area contributed by atoms with Gasteiger partial charge in [-0.05, 0) is 58.7 Å². The van der Waals surface area contributed by atoms with Crippen LogP contribution in [0, 0.1) is 6.92 Å². The molecule has 0 N–H and O–H groups in total. The van der Waals surface area contributed by atoms with E-state index in [1.165, 1.54) is 0 Å². The van der Waals surface area contributed by atoms with E-state index in [9.17, 15) is 4.79 Å². The van der Waals surface area contributed by atoms with Gasteiger partial charge in [0.05, 0.1) is 16.6 Å². The lowest BCUT2D eigenvalue weighted by molar-refractivity contribution is 0.0921. The molecule has 0 aliphatic carbocycles. The highest BCUT2D eigenvalue weighted by Crippen LogP contribution is 2.27. The van der Waals surface area contributed by atoms with Gasteiger partial charge in [-0.15, -0.1) is 0 Å². The molecular weight excluding hydrogens is 356 g/mol. The van der Waals surface area contributed by atoms with Crippen molar-refractivity contribution in [3.05, 3.63) is 57.0 Å². The van der Waals surface area contributed by atoms with Crippen molar-refractivity contribution in [2.45, 2.75) is 6.92 Å². The van der Waals surface area contributed by atoms with Gasteiger partial charge < -0.3 is 9.47 Å². The Morgan fingerprint density at radius 2 is 1.90 bits per heavy atom. The second-order valence-corrected chi connectivity index (χ2v) is 5.76. The zero-order chi connectivity index (χ0) is 15.4. The third-order valence-electron chi connectivity index (χ3n) is 2.92. The van der Waals surface area contributed by atoms with Gasteiger partial charge in [-0.3, -0.25) is 4.79 Å². The summed E-state index contributed by atoms with van der Waals surface area (Å²) >= 11 is 9.42. The predicted molar refractivity (Wildman–Crippen MR) is 86.7 cm³/mol. The minimum absolute atomic E-state index is 0.0679. The quantitative estimate of drug-likeness (QED) is 0.718. The van der Waals surface area contributed by atoms with Crippen molar-refractivity contribution in [1.82, 2.24) is 0 Å². The molecule has 0 atom stereocenters. The SMILES string of the molecule is COc1ccc(C(=O)COc2ccc(C)cc2Cl)cc1Br. The van der Waals surface area contributed by atoms with Gasteiger partial charge in [0.25, 0.3) is 0 Å². The van der Waals surface area contributed by atoms with Crippen LogP contribution in [-0.4, -0.2) is 19.5 Å². The third kappa shape index (κ3) is 3.99. The second-order valence-electron chi connectivity index (χ2n) is 4.50. The molecule has 21 heavy (non-hydrogen) atoms. The van der Waals surface area contributed by atoms with Crippen molar-refractivity contribution in [2.75, 3.05) is 13.7 Å². The van der Waals surface area contributed by atoms with Crippen LogP contribution < -0.4 is 9.47 Å². The van der Waals surface area contributed by atoms with Crippen LogP contribution in [0.25, 0.3) is 0 Å². The number of benzene rings is 2. The first kappa shape index (κ1) is 15.9. The molecule has 0 radical (unpaired) electrons. The molecule has 0 aliphatic heterocycles. The van der Waals surface area contributed by atoms with Crippen molar-refractivity contribution in [1.29, 1.82) is 0 Å². The number of rotatable bonds is 5. The van der Waals surface area contributed by atoms with Gasteiger partial charge in [0.15, 0.2) is 12.4 Å². The highest BCUT2D eigenvalue weighted by molar-refractivity contribution is 9.10. The highest BCUT2D eigenvalue weighted by Gasteiger charge is 2.11. The molecule has 2 rings (SSSR count). The molecule has 110 valence electrons. The molecule has 0 unspecified atom stereocenters. The monoisotopic (exact) mass is 368 g/mol. The van der Waals surface area contributed by atoms with Crippen LogP contribution in [0.15, 0.2) is 40.9 Å². The number of hydrogen-bond acceptors (Lipinski definition) is 3. The Labute approximate surface area is 137 Å². The van der Waals surface area contributed by atoms with Crippen LogP contribution in [0.2, 0.25) is 5.02 Å². The Balaban J connectivity index is 2.06. The number of methoxy groups -OCH3 is 1. The first-order valence-electron chi connectivity index (χ1n) is 6.27. The zero-order valence-electron chi connectivity index (χ0n) is 11.7. The first-order chi connectivity index (χ1) is 10.0. The van der Waals surface area contributed by atoms with Crippen LogP contribution in [0.1, 0.15) is 15.9 Å². The van der Waals surface area contributed by atoms with Crippen LogP contribution >= 0.6 is 27.5 Å². The van der Waals surface area contributed by atoms with Gasteiger partial charge in [0, 0.05) is 5.56 Å². The number of ketones is 1. The lowest BCUT2D eigenvalue weighted by Gasteiger charge is -2.09. The van der Waals surface area contributed by atoms with Crippen LogP contribution in [0.3, 0.4) is 0 Å². The summed E-state index contributed by atoms with van der Waals surface area (Å²) in [6, 6.07) is 10.6. The Morgan fingerprint density at radius 3 is 2.52 bits per heavy atom. The maximum absolute atomic E-state index is 12.1. The van der Waals surface area contributed by atoms with Gasteiger partial charge in [0.1, 0.15) is 11.5 Å². The van der Waals surface area contributed by atoms with E-state index in [0.717, 1.165) is 10.0 Å². The number of carbonyl (C=O) groups is 1. The molecule has 0 aliphatic rings. The lowest BCUT2D eigenvalue weighted by atomic mass is 10.1. The standard InChI is InChI=1S/C16H14BrClO3/c1-10-3-5-16(13(18)7-10)21-9-14(19)11-4-6-15(20-2)12(17)8-11/h3-8H,9H2,1-2H3. The largest absolute Gasteiger partial charge is 0.496 e. The van der Waals surface area contributed by atoms with Gasteiger partial charge in [-0.2, -0.15) is 0 Å². The maximum atomic E-state index is 12.1. The number of Topliss-reactive ketones (excluding diaryl/α,β-unsaturated/α-hetero) is 1. The molecule has 0 bridgehead atoms. The summed E-state index contributed by atoms with van der Waals surface area (Å²) in [5.41, 5.74) is 1.59. The third-order valence-corrected chi connectivity index (χ3v) is 3.83.